The van der Waals surface area contributed by atoms with Gasteiger partial charge in [-0.05, 0) is 53.6 Å². The second kappa shape index (κ2) is 8.23. The maximum absolute atomic E-state index is 12.8. The molecule has 2 heterocycles. The minimum Gasteiger partial charge on any atom is -0.478 e. The van der Waals surface area contributed by atoms with Gasteiger partial charge in [-0.1, -0.05) is 29.8 Å². The van der Waals surface area contributed by atoms with E-state index in [1.807, 2.05) is 35.2 Å². The number of carboxylic acid groups (broad SMARTS) is 1. The number of hydrogen-bond acceptors (Lipinski definition) is 3. The van der Waals surface area contributed by atoms with Crippen molar-refractivity contribution < 1.29 is 14.7 Å². The molecule has 0 radical (unpaired) electrons. The minimum atomic E-state index is -1.14. The van der Waals surface area contributed by atoms with Crippen LogP contribution in [0, 0.1) is 0 Å². The molecule has 0 aliphatic carbocycles. The standard InChI is InChI=1S/C23H16ClN3O3/c24-18-5-3-4-15(10-18)16-6-7-20(23(29)30)21(12-16)26-22(28)17-11-19(14-25-13-17)27-8-1-2-9-27/h1-14H,(H,26,28)(H,29,30). The third-order valence-corrected chi connectivity index (χ3v) is 4.78. The van der Waals surface area contributed by atoms with E-state index in [1.165, 1.54) is 12.3 Å². The Labute approximate surface area is 177 Å². The van der Waals surface area contributed by atoms with Crippen molar-refractivity contribution in [3.8, 4) is 16.8 Å². The van der Waals surface area contributed by atoms with Crippen LogP contribution in [0.1, 0.15) is 20.7 Å². The number of nitrogens with one attached hydrogen (secondary N) is 1. The van der Waals surface area contributed by atoms with Gasteiger partial charge in [0.1, 0.15) is 0 Å². The van der Waals surface area contributed by atoms with Crippen LogP contribution in [0.5, 0.6) is 0 Å². The number of hydrogen-bond donors (Lipinski definition) is 2. The van der Waals surface area contributed by atoms with Crippen LogP contribution in [-0.4, -0.2) is 26.5 Å². The predicted octanol–water partition coefficient (Wildman–Crippen LogP) is 5.14. The zero-order chi connectivity index (χ0) is 21.1. The Morgan fingerprint density at radius 3 is 2.43 bits per heavy atom. The summed E-state index contributed by atoms with van der Waals surface area (Å²) >= 11 is 6.06. The van der Waals surface area contributed by atoms with E-state index < -0.39 is 11.9 Å². The molecule has 4 aromatic rings. The Kier molecular flexibility index (Phi) is 5.32. The van der Waals surface area contributed by atoms with Gasteiger partial charge in [-0.3, -0.25) is 9.78 Å². The molecule has 2 N–H and O–H groups in total. The predicted molar refractivity (Wildman–Crippen MR) is 115 cm³/mol. The number of nitrogens with zero attached hydrogens (tertiary/aromatic N) is 2. The number of amides is 1. The van der Waals surface area contributed by atoms with Crippen molar-refractivity contribution in [3.05, 3.63) is 102 Å². The lowest BCUT2D eigenvalue weighted by molar-refractivity contribution is 0.0698. The summed E-state index contributed by atoms with van der Waals surface area (Å²) in [4.78, 5) is 28.6. The molecule has 6 nitrogen and oxygen atoms in total. The largest absolute Gasteiger partial charge is 0.478 e. The molecule has 2 aromatic carbocycles. The van der Waals surface area contributed by atoms with E-state index in [1.54, 1.807) is 42.6 Å². The molecule has 0 fully saturated rings. The molecule has 2 aromatic heterocycles. The summed E-state index contributed by atoms with van der Waals surface area (Å²) < 4.78 is 1.83. The van der Waals surface area contributed by atoms with Crippen molar-refractivity contribution in [1.82, 2.24) is 9.55 Å². The normalized spacial score (nSPS) is 10.6. The van der Waals surface area contributed by atoms with Crippen LogP contribution in [0.25, 0.3) is 16.8 Å². The SMILES string of the molecule is O=C(Nc1cc(-c2cccc(Cl)c2)ccc1C(=O)O)c1cncc(-n2cccc2)c1. The van der Waals surface area contributed by atoms with Crippen molar-refractivity contribution in [2.45, 2.75) is 0 Å². The van der Waals surface area contributed by atoms with Gasteiger partial charge in [0, 0.05) is 23.6 Å². The Bertz CT molecular complexity index is 1240. The molecule has 0 aliphatic rings. The van der Waals surface area contributed by atoms with Gasteiger partial charge in [0.15, 0.2) is 0 Å². The van der Waals surface area contributed by atoms with E-state index in [9.17, 15) is 14.7 Å². The first-order valence-electron chi connectivity index (χ1n) is 9.04. The molecule has 0 spiro atoms. The Morgan fingerprint density at radius 1 is 0.933 bits per heavy atom. The van der Waals surface area contributed by atoms with Gasteiger partial charge in [0.05, 0.1) is 28.7 Å². The number of halogens is 1. The molecule has 0 unspecified atom stereocenters. The summed E-state index contributed by atoms with van der Waals surface area (Å²) in [6, 6.07) is 17.4. The molecular weight excluding hydrogens is 402 g/mol. The topological polar surface area (TPSA) is 84.2 Å². The molecule has 148 valence electrons. The van der Waals surface area contributed by atoms with E-state index in [2.05, 4.69) is 10.3 Å². The van der Waals surface area contributed by atoms with Gasteiger partial charge >= 0.3 is 5.97 Å². The molecular formula is C23H16ClN3O3. The van der Waals surface area contributed by atoms with Crippen molar-refractivity contribution in [1.29, 1.82) is 0 Å². The van der Waals surface area contributed by atoms with Crippen molar-refractivity contribution >= 4 is 29.2 Å². The number of aromatic carboxylic acids is 1. The molecule has 0 bridgehead atoms. The highest BCUT2D eigenvalue weighted by atomic mass is 35.5. The third-order valence-electron chi connectivity index (χ3n) is 4.54. The lowest BCUT2D eigenvalue weighted by Gasteiger charge is -2.12. The highest BCUT2D eigenvalue weighted by Gasteiger charge is 2.16. The van der Waals surface area contributed by atoms with E-state index in [4.69, 9.17) is 11.6 Å². The molecule has 30 heavy (non-hydrogen) atoms. The van der Waals surface area contributed by atoms with Gasteiger partial charge in [-0.2, -0.15) is 0 Å². The van der Waals surface area contributed by atoms with E-state index in [-0.39, 0.29) is 11.3 Å². The monoisotopic (exact) mass is 417 g/mol. The minimum absolute atomic E-state index is 0.0105. The molecule has 0 atom stereocenters. The summed E-state index contributed by atoms with van der Waals surface area (Å²) in [5.74, 6) is -1.59. The van der Waals surface area contributed by atoms with Crippen molar-refractivity contribution in [2.24, 2.45) is 0 Å². The number of anilines is 1. The number of pyridine rings is 1. The first-order valence-corrected chi connectivity index (χ1v) is 9.42. The summed E-state index contributed by atoms with van der Waals surface area (Å²) in [6.45, 7) is 0. The van der Waals surface area contributed by atoms with Gasteiger partial charge in [-0.15, -0.1) is 0 Å². The fraction of sp³-hybridized carbons (Fsp3) is 0. The van der Waals surface area contributed by atoms with E-state index in [0.717, 1.165) is 16.8 Å². The zero-order valence-corrected chi connectivity index (χ0v) is 16.4. The molecule has 7 heteroatoms. The lowest BCUT2D eigenvalue weighted by atomic mass is 10.0. The highest BCUT2D eigenvalue weighted by Crippen LogP contribution is 2.28. The number of carbonyl (C=O) groups excluding carboxylic acids is 1. The van der Waals surface area contributed by atoms with Gasteiger partial charge < -0.3 is 15.0 Å². The third kappa shape index (κ3) is 4.09. The molecule has 0 aliphatic heterocycles. The Morgan fingerprint density at radius 2 is 1.70 bits per heavy atom. The van der Waals surface area contributed by atoms with E-state index in [0.29, 0.717) is 10.6 Å². The molecule has 0 saturated heterocycles. The van der Waals surface area contributed by atoms with Crippen LogP contribution >= 0.6 is 11.6 Å². The van der Waals surface area contributed by atoms with Crippen molar-refractivity contribution in [2.75, 3.05) is 5.32 Å². The van der Waals surface area contributed by atoms with Crippen LogP contribution < -0.4 is 5.32 Å². The fourth-order valence-corrected chi connectivity index (χ4v) is 3.27. The summed E-state index contributed by atoms with van der Waals surface area (Å²) in [7, 11) is 0. The number of carboxylic acids is 1. The zero-order valence-electron chi connectivity index (χ0n) is 15.6. The van der Waals surface area contributed by atoms with Gasteiger partial charge in [0.2, 0.25) is 0 Å². The van der Waals surface area contributed by atoms with Crippen LogP contribution in [0.2, 0.25) is 5.02 Å². The first-order chi connectivity index (χ1) is 14.5. The maximum atomic E-state index is 12.8. The molecule has 0 saturated carbocycles. The Balaban J connectivity index is 1.68. The first kappa shape index (κ1) is 19.4. The Hall–Kier alpha value is -3.90. The summed E-state index contributed by atoms with van der Waals surface area (Å²) in [6.07, 6.45) is 6.76. The smallest absolute Gasteiger partial charge is 0.337 e. The summed E-state index contributed by atoms with van der Waals surface area (Å²) in [5, 5.41) is 12.8. The second-order valence-corrected chi connectivity index (χ2v) is 6.99. The highest BCUT2D eigenvalue weighted by molar-refractivity contribution is 6.30. The van der Waals surface area contributed by atoms with E-state index >= 15 is 0 Å². The number of rotatable bonds is 5. The van der Waals surface area contributed by atoms with Crippen LogP contribution in [0.15, 0.2) is 85.5 Å². The lowest BCUT2D eigenvalue weighted by Crippen LogP contribution is -2.15. The summed E-state index contributed by atoms with van der Waals surface area (Å²) in [5.41, 5.74) is 2.76. The quantitative estimate of drug-likeness (QED) is 0.470. The average Bonchev–Trinajstić information content (AvgIpc) is 3.28. The number of carbonyl (C=O) groups is 2. The molecule has 4 rings (SSSR count). The van der Waals surface area contributed by atoms with Crippen LogP contribution in [0.4, 0.5) is 5.69 Å². The average molecular weight is 418 g/mol. The van der Waals surface area contributed by atoms with Gasteiger partial charge in [0.25, 0.3) is 5.91 Å². The van der Waals surface area contributed by atoms with Crippen molar-refractivity contribution in [3.63, 3.8) is 0 Å². The fourth-order valence-electron chi connectivity index (χ4n) is 3.08. The number of aromatic nitrogens is 2. The molecule has 1 amide bonds. The number of benzene rings is 2. The van der Waals surface area contributed by atoms with Gasteiger partial charge in [-0.25, -0.2) is 4.79 Å². The maximum Gasteiger partial charge on any atom is 0.337 e. The second-order valence-electron chi connectivity index (χ2n) is 6.55. The van der Waals surface area contributed by atoms with Crippen LogP contribution in [0.3, 0.4) is 0 Å². The van der Waals surface area contributed by atoms with Crippen LogP contribution in [-0.2, 0) is 0 Å².